The van der Waals surface area contributed by atoms with Crippen LogP contribution in [-0.4, -0.2) is 46.3 Å². The molecule has 2 aliphatic carbocycles. The number of ether oxygens (including phenoxy) is 1. The second-order valence-corrected chi connectivity index (χ2v) is 12.8. The van der Waals surface area contributed by atoms with E-state index in [2.05, 4.69) is 44.3 Å². The molecule has 3 aromatic rings. The fourth-order valence-corrected chi connectivity index (χ4v) is 6.89. The maximum absolute atomic E-state index is 14.2. The lowest BCUT2D eigenvalue weighted by molar-refractivity contribution is -0.123. The minimum atomic E-state index is -0.0609. The molecule has 8 heteroatoms. The lowest BCUT2D eigenvalue weighted by Crippen LogP contribution is -2.44. The Hall–Kier alpha value is -3.68. The third-order valence-electron chi connectivity index (χ3n) is 9.38. The number of amides is 2. The molecule has 43 heavy (non-hydrogen) atoms. The van der Waals surface area contributed by atoms with Gasteiger partial charge in [-0.1, -0.05) is 12.1 Å². The monoisotopic (exact) mass is 585 g/mol. The second-order valence-electron chi connectivity index (χ2n) is 12.8. The molecule has 2 saturated carbocycles. The Kier molecular flexibility index (Phi) is 9.83. The van der Waals surface area contributed by atoms with Crippen LogP contribution in [0.1, 0.15) is 95.2 Å². The van der Waals surface area contributed by atoms with Gasteiger partial charge in [-0.15, -0.1) is 0 Å². The highest BCUT2D eigenvalue weighted by Crippen LogP contribution is 2.38. The Morgan fingerprint density at radius 3 is 2.40 bits per heavy atom. The molecule has 0 bridgehead atoms. The van der Waals surface area contributed by atoms with Gasteiger partial charge in [-0.2, -0.15) is 5.10 Å². The molecule has 1 aromatic carbocycles. The number of nitrogens with one attached hydrogen (secondary N) is 1. The van der Waals surface area contributed by atoms with Crippen molar-refractivity contribution < 1.29 is 14.3 Å². The number of aromatic nitrogens is 3. The third kappa shape index (κ3) is 7.46. The van der Waals surface area contributed by atoms with Gasteiger partial charge in [0.25, 0.3) is 0 Å². The molecule has 0 atom stereocenters. The summed E-state index contributed by atoms with van der Waals surface area (Å²) < 4.78 is 7.42. The predicted molar refractivity (Wildman–Crippen MR) is 170 cm³/mol. The normalized spacial score (nSPS) is 22.3. The molecule has 1 N–H and O–H groups in total. The van der Waals surface area contributed by atoms with Crippen molar-refractivity contribution in [3.63, 3.8) is 0 Å². The molecule has 0 aliphatic heterocycles. The molecule has 230 valence electrons. The van der Waals surface area contributed by atoms with E-state index in [4.69, 9.17) is 14.8 Å². The standard InChI is InChI=1S/C35H47N5O3/c1-23(2)40-19-17-32(38-40)30-16-18-36-34(21-30)39(35(42)28-10-13-31(14-11-28)37-25(4)41)22-26-6-8-27(9-7-26)29-12-15-33(43-5)24(3)20-29/h12,15-21,23,26-28,31H,6-11,13-14,22H2,1-5H3,(H,37,41). The average molecular weight is 586 g/mol. The van der Waals surface area contributed by atoms with Crippen LogP contribution in [0.4, 0.5) is 5.82 Å². The number of hydrogen-bond donors (Lipinski definition) is 1. The molecule has 2 amide bonds. The number of methoxy groups -OCH3 is 1. The fourth-order valence-electron chi connectivity index (χ4n) is 6.89. The Labute approximate surface area is 256 Å². The Bertz CT molecular complexity index is 1400. The number of carbonyl (C=O) groups is 2. The van der Waals surface area contributed by atoms with E-state index >= 15 is 0 Å². The van der Waals surface area contributed by atoms with Crippen molar-refractivity contribution in [1.82, 2.24) is 20.1 Å². The van der Waals surface area contributed by atoms with Gasteiger partial charge in [0.05, 0.1) is 12.8 Å². The quantitative estimate of drug-likeness (QED) is 0.297. The maximum atomic E-state index is 14.2. The molecule has 8 nitrogen and oxygen atoms in total. The number of hydrogen-bond acceptors (Lipinski definition) is 5. The highest BCUT2D eigenvalue weighted by atomic mass is 16.5. The molecule has 5 rings (SSSR count). The summed E-state index contributed by atoms with van der Waals surface area (Å²) in [5, 5.41) is 7.80. The number of anilines is 1. The predicted octanol–water partition coefficient (Wildman–Crippen LogP) is 6.84. The summed E-state index contributed by atoms with van der Waals surface area (Å²) in [6.45, 7) is 8.57. The SMILES string of the molecule is COc1ccc(C2CCC(CN(C(=O)C3CCC(NC(C)=O)CC3)c3cc(-c4ccn(C(C)C)n4)ccn3)CC2)cc1C. The van der Waals surface area contributed by atoms with Crippen molar-refractivity contribution >= 4 is 17.6 Å². The van der Waals surface area contributed by atoms with E-state index in [1.54, 1.807) is 20.2 Å². The number of aryl methyl sites for hydroxylation is 1. The van der Waals surface area contributed by atoms with Gasteiger partial charge >= 0.3 is 0 Å². The van der Waals surface area contributed by atoms with Crippen LogP contribution < -0.4 is 15.0 Å². The van der Waals surface area contributed by atoms with E-state index in [1.165, 1.54) is 11.1 Å². The summed E-state index contributed by atoms with van der Waals surface area (Å²) >= 11 is 0. The van der Waals surface area contributed by atoms with Gasteiger partial charge < -0.3 is 10.1 Å². The van der Waals surface area contributed by atoms with E-state index in [9.17, 15) is 9.59 Å². The van der Waals surface area contributed by atoms with Crippen molar-refractivity contribution in [2.75, 3.05) is 18.6 Å². The first-order valence-corrected chi connectivity index (χ1v) is 16.0. The summed E-state index contributed by atoms with van der Waals surface area (Å²) in [4.78, 5) is 32.5. The highest BCUT2D eigenvalue weighted by Gasteiger charge is 2.33. The minimum Gasteiger partial charge on any atom is -0.496 e. The fraction of sp³-hybridized carbons (Fsp3) is 0.543. The van der Waals surface area contributed by atoms with Gasteiger partial charge in [0.1, 0.15) is 11.6 Å². The topological polar surface area (TPSA) is 89.4 Å². The summed E-state index contributed by atoms with van der Waals surface area (Å²) in [6, 6.07) is 13.0. The molecular formula is C35H47N5O3. The van der Waals surface area contributed by atoms with Gasteiger partial charge in [-0.25, -0.2) is 4.98 Å². The van der Waals surface area contributed by atoms with Crippen LogP contribution in [0.5, 0.6) is 5.75 Å². The van der Waals surface area contributed by atoms with Gasteiger partial charge in [-0.3, -0.25) is 19.2 Å². The number of rotatable bonds is 9. The van der Waals surface area contributed by atoms with Crippen LogP contribution in [0.2, 0.25) is 0 Å². The summed E-state index contributed by atoms with van der Waals surface area (Å²) in [5.74, 6) is 2.69. The molecule has 0 radical (unpaired) electrons. The van der Waals surface area contributed by atoms with Gasteiger partial charge in [0.2, 0.25) is 11.8 Å². The molecule has 2 heterocycles. The van der Waals surface area contributed by atoms with Crippen molar-refractivity contribution in [1.29, 1.82) is 0 Å². The Morgan fingerprint density at radius 2 is 1.77 bits per heavy atom. The van der Waals surface area contributed by atoms with Gasteiger partial charge in [0, 0.05) is 49.4 Å². The minimum absolute atomic E-state index is 0.00210. The summed E-state index contributed by atoms with van der Waals surface area (Å²) in [6.07, 6.45) is 11.4. The van der Waals surface area contributed by atoms with E-state index in [-0.39, 0.29) is 29.8 Å². The van der Waals surface area contributed by atoms with E-state index in [1.807, 2.05) is 34.0 Å². The largest absolute Gasteiger partial charge is 0.496 e. The van der Waals surface area contributed by atoms with Gasteiger partial charge in [-0.05, 0) is 119 Å². The van der Waals surface area contributed by atoms with E-state index in [0.29, 0.717) is 24.2 Å². The zero-order valence-electron chi connectivity index (χ0n) is 26.4. The molecule has 2 aliphatic rings. The molecule has 2 fully saturated rings. The van der Waals surface area contributed by atoms with Crippen LogP contribution in [-0.2, 0) is 9.59 Å². The number of nitrogens with zero attached hydrogens (tertiary/aromatic N) is 4. The Balaban J connectivity index is 1.33. The first-order valence-electron chi connectivity index (χ1n) is 16.0. The molecule has 0 spiro atoms. The van der Waals surface area contributed by atoms with Gasteiger partial charge in [0.15, 0.2) is 0 Å². The van der Waals surface area contributed by atoms with E-state index in [0.717, 1.165) is 68.4 Å². The molecule has 0 saturated heterocycles. The maximum Gasteiger partial charge on any atom is 0.231 e. The van der Waals surface area contributed by atoms with Crippen molar-refractivity contribution in [2.45, 2.75) is 97.1 Å². The lowest BCUT2D eigenvalue weighted by atomic mass is 9.78. The van der Waals surface area contributed by atoms with Crippen LogP contribution in [0, 0.1) is 18.8 Å². The van der Waals surface area contributed by atoms with E-state index < -0.39 is 0 Å². The molecular weight excluding hydrogens is 538 g/mol. The zero-order valence-corrected chi connectivity index (χ0v) is 26.4. The molecule has 2 aromatic heterocycles. The smallest absolute Gasteiger partial charge is 0.231 e. The Morgan fingerprint density at radius 1 is 1.02 bits per heavy atom. The summed E-state index contributed by atoms with van der Waals surface area (Å²) in [7, 11) is 1.72. The van der Waals surface area contributed by atoms with Crippen molar-refractivity contribution in [3.8, 4) is 17.0 Å². The number of carbonyl (C=O) groups excluding carboxylic acids is 2. The first-order chi connectivity index (χ1) is 20.7. The third-order valence-corrected chi connectivity index (χ3v) is 9.38. The lowest BCUT2D eigenvalue weighted by Gasteiger charge is -2.36. The van der Waals surface area contributed by atoms with Crippen LogP contribution >= 0.6 is 0 Å². The summed E-state index contributed by atoms with van der Waals surface area (Å²) in [5.41, 5.74) is 4.41. The number of benzene rings is 1. The second kappa shape index (κ2) is 13.7. The first kappa shape index (κ1) is 30.8. The average Bonchev–Trinajstić information content (AvgIpc) is 3.51. The van der Waals surface area contributed by atoms with Crippen molar-refractivity contribution in [3.05, 3.63) is 59.9 Å². The van der Waals surface area contributed by atoms with Crippen LogP contribution in [0.15, 0.2) is 48.8 Å². The van der Waals surface area contributed by atoms with Crippen molar-refractivity contribution in [2.24, 2.45) is 11.8 Å². The number of pyridine rings is 1. The van der Waals surface area contributed by atoms with Crippen LogP contribution in [0.3, 0.4) is 0 Å². The molecule has 0 unspecified atom stereocenters. The highest BCUT2D eigenvalue weighted by molar-refractivity contribution is 5.94. The van der Waals surface area contributed by atoms with Crippen LogP contribution in [0.25, 0.3) is 11.3 Å². The zero-order chi connectivity index (χ0) is 30.5.